The highest BCUT2D eigenvalue weighted by molar-refractivity contribution is 5.82. The van der Waals surface area contributed by atoms with Crippen molar-refractivity contribution >= 4 is 11.9 Å². The van der Waals surface area contributed by atoms with Crippen LogP contribution in [0.25, 0.3) is 0 Å². The molecule has 1 fully saturated rings. The summed E-state index contributed by atoms with van der Waals surface area (Å²) in [7, 11) is 1.68. The Labute approximate surface area is 121 Å². The minimum absolute atomic E-state index is 0.0525. The molecule has 1 aliphatic carbocycles. The van der Waals surface area contributed by atoms with Gasteiger partial charge in [0.25, 0.3) is 0 Å². The third kappa shape index (κ3) is 6.89. The first kappa shape index (κ1) is 17.0. The van der Waals surface area contributed by atoms with Crippen molar-refractivity contribution in [3.8, 4) is 0 Å². The first-order chi connectivity index (χ1) is 9.30. The van der Waals surface area contributed by atoms with Crippen molar-refractivity contribution in [1.29, 1.82) is 0 Å². The molecule has 0 radical (unpaired) electrons. The van der Waals surface area contributed by atoms with E-state index in [1.54, 1.807) is 7.11 Å². The molecule has 1 rings (SSSR count). The Kier molecular flexibility index (Phi) is 6.46. The van der Waals surface area contributed by atoms with Gasteiger partial charge in [0.2, 0.25) is 5.91 Å². The predicted molar refractivity (Wildman–Crippen MR) is 76.2 cm³/mol. The van der Waals surface area contributed by atoms with Gasteiger partial charge >= 0.3 is 5.97 Å². The van der Waals surface area contributed by atoms with E-state index >= 15 is 0 Å². The minimum atomic E-state index is -0.367. The zero-order chi connectivity index (χ0) is 15.2. The zero-order valence-corrected chi connectivity index (χ0v) is 13.0. The lowest BCUT2D eigenvalue weighted by Crippen LogP contribution is -2.36. The number of rotatable bonds is 5. The van der Waals surface area contributed by atoms with E-state index in [9.17, 15) is 9.59 Å². The lowest BCUT2D eigenvalue weighted by atomic mass is 9.92. The summed E-state index contributed by atoms with van der Waals surface area (Å²) in [5.74, 6) is -0.484. The fourth-order valence-corrected chi connectivity index (χ4v) is 2.37. The highest BCUT2D eigenvalue weighted by Gasteiger charge is 2.25. The summed E-state index contributed by atoms with van der Waals surface area (Å²) < 4.78 is 10.7. The highest BCUT2D eigenvalue weighted by atomic mass is 16.5. The molecule has 0 aromatic rings. The van der Waals surface area contributed by atoms with Gasteiger partial charge < -0.3 is 14.8 Å². The van der Waals surface area contributed by atoms with Crippen molar-refractivity contribution in [2.24, 2.45) is 5.41 Å². The number of ether oxygens (including phenoxy) is 2. The van der Waals surface area contributed by atoms with Gasteiger partial charge in [-0.05, 0) is 24.7 Å². The summed E-state index contributed by atoms with van der Waals surface area (Å²) >= 11 is 0. The van der Waals surface area contributed by atoms with Gasteiger partial charge in [-0.3, -0.25) is 9.59 Å². The second-order valence-corrected chi connectivity index (χ2v) is 6.65. The number of hydrogen-bond donors (Lipinski definition) is 1. The van der Waals surface area contributed by atoms with E-state index in [4.69, 9.17) is 9.47 Å². The fourth-order valence-electron chi connectivity index (χ4n) is 2.37. The van der Waals surface area contributed by atoms with Gasteiger partial charge in [-0.1, -0.05) is 20.8 Å². The largest absolute Gasteiger partial charge is 0.461 e. The summed E-state index contributed by atoms with van der Waals surface area (Å²) in [5, 5.41) is 2.61. The van der Waals surface area contributed by atoms with Gasteiger partial charge in [-0.2, -0.15) is 0 Å². The standard InChI is InChI=1S/C15H27NO4/c1-15(2,3)9-13(17)16-10-14(18)20-12-7-5-6-11(8-12)19-4/h11-12H,5-10H2,1-4H3,(H,16,17). The maximum Gasteiger partial charge on any atom is 0.325 e. The number of carbonyl (C=O) groups is 2. The van der Waals surface area contributed by atoms with Gasteiger partial charge in [0.05, 0.1) is 6.10 Å². The van der Waals surface area contributed by atoms with Crippen molar-refractivity contribution in [2.75, 3.05) is 13.7 Å². The topological polar surface area (TPSA) is 64.6 Å². The molecule has 0 saturated heterocycles. The third-order valence-corrected chi connectivity index (χ3v) is 3.33. The summed E-state index contributed by atoms with van der Waals surface area (Å²) in [4.78, 5) is 23.3. The Morgan fingerprint density at radius 1 is 1.20 bits per heavy atom. The quantitative estimate of drug-likeness (QED) is 0.785. The molecule has 0 aliphatic heterocycles. The van der Waals surface area contributed by atoms with Crippen LogP contribution in [0.4, 0.5) is 0 Å². The van der Waals surface area contributed by atoms with Crippen LogP contribution in [-0.4, -0.2) is 37.7 Å². The van der Waals surface area contributed by atoms with Crippen LogP contribution in [0.2, 0.25) is 0 Å². The summed E-state index contributed by atoms with van der Waals surface area (Å²) in [6, 6.07) is 0. The molecule has 5 heteroatoms. The Bertz CT molecular complexity index is 335. The van der Waals surface area contributed by atoms with Crippen LogP contribution in [0, 0.1) is 5.41 Å². The maximum absolute atomic E-state index is 11.7. The van der Waals surface area contributed by atoms with E-state index in [-0.39, 0.29) is 36.0 Å². The lowest BCUT2D eigenvalue weighted by Gasteiger charge is -2.28. The molecule has 1 N–H and O–H groups in total. The van der Waals surface area contributed by atoms with Gasteiger partial charge in [0.1, 0.15) is 12.6 Å². The van der Waals surface area contributed by atoms with Gasteiger partial charge in [-0.25, -0.2) is 0 Å². The van der Waals surface area contributed by atoms with Gasteiger partial charge in [-0.15, -0.1) is 0 Å². The molecule has 5 nitrogen and oxygen atoms in total. The first-order valence-corrected chi connectivity index (χ1v) is 7.29. The van der Waals surface area contributed by atoms with Crippen molar-refractivity contribution in [2.45, 2.75) is 65.1 Å². The average molecular weight is 285 g/mol. The maximum atomic E-state index is 11.7. The molecule has 2 unspecified atom stereocenters. The van der Waals surface area contributed by atoms with Crippen LogP contribution in [0.3, 0.4) is 0 Å². The molecule has 2 atom stereocenters. The van der Waals surface area contributed by atoms with E-state index in [2.05, 4.69) is 5.32 Å². The molecule has 1 saturated carbocycles. The van der Waals surface area contributed by atoms with Crippen molar-refractivity contribution in [1.82, 2.24) is 5.32 Å². The van der Waals surface area contributed by atoms with Crippen LogP contribution < -0.4 is 5.32 Å². The summed E-state index contributed by atoms with van der Waals surface area (Å²) in [5.41, 5.74) is -0.0803. The molecule has 1 aliphatic rings. The van der Waals surface area contributed by atoms with Gasteiger partial charge in [0, 0.05) is 20.0 Å². The number of hydrogen-bond acceptors (Lipinski definition) is 4. The molecule has 116 valence electrons. The Morgan fingerprint density at radius 2 is 1.85 bits per heavy atom. The smallest absolute Gasteiger partial charge is 0.325 e. The van der Waals surface area contributed by atoms with Crippen LogP contribution in [0.1, 0.15) is 52.9 Å². The average Bonchev–Trinajstić information content (AvgIpc) is 2.34. The number of carbonyl (C=O) groups excluding carboxylic acids is 2. The van der Waals surface area contributed by atoms with Crippen LogP contribution >= 0.6 is 0 Å². The molecular formula is C15H27NO4. The van der Waals surface area contributed by atoms with Crippen molar-refractivity contribution in [3.63, 3.8) is 0 Å². The number of amides is 1. The normalized spacial score (nSPS) is 23.2. The molecular weight excluding hydrogens is 258 g/mol. The Hall–Kier alpha value is -1.10. The molecule has 0 aromatic heterocycles. The van der Waals surface area contributed by atoms with E-state index in [0.29, 0.717) is 6.42 Å². The second-order valence-electron chi connectivity index (χ2n) is 6.65. The molecule has 20 heavy (non-hydrogen) atoms. The summed E-state index contributed by atoms with van der Waals surface area (Å²) in [6.07, 6.45) is 4.15. The van der Waals surface area contributed by atoms with E-state index in [1.165, 1.54) is 0 Å². The Morgan fingerprint density at radius 3 is 2.45 bits per heavy atom. The fraction of sp³-hybridized carbons (Fsp3) is 0.867. The monoisotopic (exact) mass is 285 g/mol. The Balaban J connectivity index is 2.24. The van der Waals surface area contributed by atoms with E-state index < -0.39 is 0 Å². The highest BCUT2D eigenvalue weighted by Crippen LogP contribution is 2.23. The third-order valence-electron chi connectivity index (χ3n) is 3.33. The number of methoxy groups -OCH3 is 1. The van der Waals surface area contributed by atoms with Crippen molar-refractivity contribution < 1.29 is 19.1 Å². The molecule has 0 heterocycles. The minimum Gasteiger partial charge on any atom is -0.461 e. The molecule has 0 spiro atoms. The zero-order valence-electron chi connectivity index (χ0n) is 13.0. The van der Waals surface area contributed by atoms with Crippen LogP contribution in [0.15, 0.2) is 0 Å². The van der Waals surface area contributed by atoms with Crippen molar-refractivity contribution in [3.05, 3.63) is 0 Å². The predicted octanol–water partition coefficient (Wildman–Crippen LogP) is 2.04. The number of nitrogens with one attached hydrogen (secondary N) is 1. The van der Waals surface area contributed by atoms with E-state index in [1.807, 2.05) is 20.8 Å². The second kappa shape index (κ2) is 7.62. The van der Waals surface area contributed by atoms with Gasteiger partial charge in [0.15, 0.2) is 0 Å². The SMILES string of the molecule is COC1CCCC(OC(=O)CNC(=O)CC(C)(C)C)C1. The van der Waals surface area contributed by atoms with Crippen LogP contribution in [0.5, 0.6) is 0 Å². The van der Waals surface area contributed by atoms with Crippen LogP contribution in [-0.2, 0) is 19.1 Å². The number of esters is 1. The van der Waals surface area contributed by atoms with E-state index in [0.717, 1.165) is 25.7 Å². The lowest BCUT2D eigenvalue weighted by molar-refractivity contribution is -0.152. The summed E-state index contributed by atoms with van der Waals surface area (Å²) in [6.45, 7) is 5.90. The molecule has 0 bridgehead atoms. The molecule has 0 aromatic carbocycles. The first-order valence-electron chi connectivity index (χ1n) is 7.29. The molecule has 1 amide bonds.